The van der Waals surface area contributed by atoms with E-state index in [1.54, 1.807) is 0 Å². The van der Waals surface area contributed by atoms with E-state index in [1.165, 1.54) is 11.1 Å². The number of hydrogen-bond donors (Lipinski definition) is 1. The molecule has 1 N–H and O–H groups in total. The number of carboxylic acids is 1. The zero-order valence-electron chi connectivity index (χ0n) is 11.0. The van der Waals surface area contributed by atoms with Crippen LogP contribution in [0, 0.1) is 5.92 Å². The van der Waals surface area contributed by atoms with Crippen LogP contribution in [0.2, 0.25) is 0 Å². The van der Waals surface area contributed by atoms with Crippen molar-refractivity contribution in [2.45, 2.75) is 19.3 Å². The predicted molar refractivity (Wildman–Crippen MR) is 71.5 cm³/mol. The van der Waals surface area contributed by atoms with Gasteiger partial charge in [0.1, 0.15) is 5.75 Å². The fourth-order valence-corrected chi connectivity index (χ4v) is 2.92. The van der Waals surface area contributed by atoms with Gasteiger partial charge in [-0.25, -0.2) is 0 Å². The van der Waals surface area contributed by atoms with E-state index in [0.717, 1.165) is 44.8 Å². The standard InChI is InChI=1S/C15H19NO3/c17-15(18)8-12-9-16(10-12)5-3-11-1-2-14-13(7-11)4-6-19-14/h1-2,7,12H,3-6,8-10H2,(H,17,18). The minimum Gasteiger partial charge on any atom is -0.493 e. The molecule has 0 radical (unpaired) electrons. The van der Waals surface area contributed by atoms with Crippen molar-refractivity contribution in [3.05, 3.63) is 29.3 Å². The Bertz CT molecular complexity index is 480. The van der Waals surface area contributed by atoms with Crippen molar-refractivity contribution in [3.63, 3.8) is 0 Å². The summed E-state index contributed by atoms with van der Waals surface area (Å²) in [7, 11) is 0. The number of rotatable bonds is 5. The Kier molecular flexibility index (Phi) is 3.42. The molecule has 0 unspecified atom stereocenters. The van der Waals surface area contributed by atoms with Crippen LogP contribution in [0.15, 0.2) is 18.2 Å². The van der Waals surface area contributed by atoms with E-state index >= 15 is 0 Å². The zero-order valence-corrected chi connectivity index (χ0v) is 11.0. The van der Waals surface area contributed by atoms with Gasteiger partial charge in [0.2, 0.25) is 0 Å². The van der Waals surface area contributed by atoms with E-state index in [2.05, 4.69) is 23.1 Å². The van der Waals surface area contributed by atoms with Gasteiger partial charge in [0.05, 0.1) is 13.0 Å². The first-order valence-electron chi connectivity index (χ1n) is 6.89. The fraction of sp³-hybridized carbons (Fsp3) is 0.533. The van der Waals surface area contributed by atoms with Gasteiger partial charge in [0, 0.05) is 26.1 Å². The van der Waals surface area contributed by atoms with Gasteiger partial charge < -0.3 is 14.7 Å². The van der Waals surface area contributed by atoms with E-state index < -0.39 is 5.97 Å². The minimum absolute atomic E-state index is 0.312. The second-order valence-corrected chi connectivity index (χ2v) is 5.51. The summed E-state index contributed by atoms with van der Waals surface area (Å²) >= 11 is 0. The third-order valence-electron chi connectivity index (χ3n) is 3.97. The molecule has 1 aromatic carbocycles. The highest BCUT2D eigenvalue weighted by atomic mass is 16.5. The molecule has 4 nitrogen and oxygen atoms in total. The summed E-state index contributed by atoms with van der Waals surface area (Å²) in [4.78, 5) is 12.9. The van der Waals surface area contributed by atoms with Crippen molar-refractivity contribution in [2.75, 3.05) is 26.2 Å². The van der Waals surface area contributed by atoms with Crippen LogP contribution in [0.25, 0.3) is 0 Å². The molecule has 0 atom stereocenters. The molecule has 4 heteroatoms. The van der Waals surface area contributed by atoms with Crippen LogP contribution in [-0.4, -0.2) is 42.2 Å². The number of fused-ring (bicyclic) bond motifs is 1. The van der Waals surface area contributed by atoms with E-state index in [0.29, 0.717) is 12.3 Å². The molecule has 0 aliphatic carbocycles. The number of aliphatic carboxylic acids is 1. The summed E-state index contributed by atoms with van der Waals surface area (Å²) in [5.74, 6) is 0.711. The highest BCUT2D eigenvalue weighted by Crippen LogP contribution is 2.26. The number of carboxylic acid groups (broad SMARTS) is 1. The first-order chi connectivity index (χ1) is 9.20. The van der Waals surface area contributed by atoms with E-state index in [9.17, 15) is 4.79 Å². The van der Waals surface area contributed by atoms with Gasteiger partial charge in [0.15, 0.2) is 0 Å². The molecular formula is C15H19NO3. The van der Waals surface area contributed by atoms with Gasteiger partial charge in [0.25, 0.3) is 0 Å². The van der Waals surface area contributed by atoms with E-state index in [1.807, 2.05) is 0 Å². The van der Waals surface area contributed by atoms with Gasteiger partial charge in [-0.05, 0) is 29.5 Å². The quantitative estimate of drug-likeness (QED) is 0.874. The molecule has 0 aromatic heterocycles. The van der Waals surface area contributed by atoms with Crippen molar-refractivity contribution in [3.8, 4) is 5.75 Å². The van der Waals surface area contributed by atoms with Gasteiger partial charge in [-0.1, -0.05) is 12.1 Å². The summed E-state index contributed by atoms with van der Waals surface area (Å²) in [6.45, 7) is 3.69. The number of ether oxygens (including phenoxy) is 1. The summed E-state index contributed by atoms with van der Waals surface area (Å²) in [6, 6.07) is 6.45. The summed E-state index contributed by atoms with van der Waals surface area (Å²) in [6.07, 6.45) is 2.37. The predicted octanol–water partition coefficient (Wildman–Crippen LogP) is 1.57. The van der Waals surface area contributed by atoms with Gasteiger partial charge in [-0.15, -0.1) is 0 Å². The molecule has 19 heavy (non-hydrogen) atoms. The third-order valence-corrected chi connectivity index (χ3v) is 3.97. The molecule has 0 bridgehead atoms. The van der Waals surface area contributed by atoms with E-state index in [4.69, 9.17) is 9.84 Å². The average molecular weight is 261 g/mol. The minimum atomic E-state index is -0.678. The lowest BCUT2D eigenvalue weighted by Crippen LogP contribution is -2.48. The van der Waals surface area contributed by atoms with Crippen molar-refractivity contribution in [2.24, 2.45) is 5.92 Å². The first kappa shape index (κ1) is 12.5. The SMILES string of the molecule is O=C(O)CC1CN(CCc2ccc3c(c2)CCO3)C1. The topological polar surface area (TPSA) is 49.8 Å². The van der Waals surface area contributed by atoms with Crippen LogP contribution in [0.4, 0.5) is 0 Å². The van der Waals surface area contributed by atoms with Crippen LogP contribution in [0.1, 0.15) is 17.5 Å². The van der Waals surface area contributed by atoms with Crippen molar-refractivity contribution >= 4 is 5.97 Å². The molecule has 2 aliphatic rings. The van der Waals surface area contributed by atoms with Crippen LogP contribution in [0.3, 0.4) is 0 Å². The maximum Gasteiger partial charge on any atom is 0.303 e. The molecule has 0 amide bonds. The molecule has 0 saturated carbocycles. The maximum absolute atomic E-state index is 10.6. The molecule has 3 rings (SSSR count). The zero-order chi connectivity index (χ0) is 13.2. The largest absolute Gasteiger partial charge is 0.493 e. The van der Waals surface area contributed by atoms with Crippen molar-refractivity contribution in [1.29, 1.82) is 0 Å². The number of carbonyl (C=O) groups is 1. The first-order valence-corrected chi connectivity index (χ1v) is 6.89. The molecule has 2 heterocycles. The van der Waals surface area contributed by atoms with Gasteiger partial charge >= 0.3 is 5.97 Å². The molecule has 0 spiro atoms. The lowest BCUT2D eigenvalue weighted by molar-refractivity contribution is -0.139. The fourth-order valence-electron chi connectivity index (χ4n) is 2.92. The molecule has 102 valence electrons. The number of hydrogen-bond acceptors (Lipinski definition) is 3. The Morgan fingerprint density at radius 2 is 2.26 bits per heavy atom. The van der Waals surface area contributed by atoms with Crippen LogP contribution >= 0.6 is 0 Å². The average Bonchev–Trinajstić information content (AvgIpc) is 2.78. The van der Waals surface area contributed by atoms with Gasteiger partial charge in [-0.3, -0.25) is 4.79 Å². The lowest BCUT2D eigenvalue weighted by Gasteiger charge is -2.38. The van der Waals surface area contributed by atoms with Crippen molar-refractivity contribution in [1.82, 2.24) is 4.90 Å². The Morgan fingerprint density at radius 3 is 3.05 bits per heavy atom. The summed E-state index contributed by atoms with van der Waals surface area (Å²) < 4.78 is 5.50. The maximum atomic E-state index is 10.6. The molecule has 1 aromatic rings. The van der Waals surface area contributed by atoms with Crippen molar-refractivity contribution < 1.29 is 14.6 Å². The Hall–Kier alpha value is -1.55. The van der Waals surface area contributed by atoms with Crippen LogP contribution in [-0.2, 0) is 17.6 Å². The monoisotopic (exact) mass is 261 g/mol. The molecule has 2 aliphatic heterocycles. The Morgan fingerprint density at radius 1 is 1.42 bits per heavy atom. The number of nitrogens with zero attached hydrogens (tertiary/aromatic N) is 1. The smallest absolute Gasteiger partial charge is 0.303 e. The normalized spacial score (nSPS) is 18.7. The Labute approximate surface area is 113 Å². The van der Waals surface area contributed by atoms with Crippen LogP contribution in [0.5, 0.6) is 5.75 Å². The summed E-state index contributed by atoms with van der Waals surface area (Å²) in [5, 5.41) is 8.70. The molecule has 1 fully saturated rings. The third kappa shape index (κ3) is 2.89. The second-order valence-electron chi connectivity index (χ2n) is 5.51. The Balaban J connectivity index is 1.45. The lowest BCUT2D eigenvalue weighted by atomic mass is 9.95. The number of likely N-dealkylation sites (tertiary alicyclic amines) is 1. The van der Waals surface area contributed by atoms with Gasteiger partial charge in [-0.2, -0.15) is 0 Å². The van der Waals surface area contributed by atoms with Crippen LogP contribution < -0.4 is 4.74 Å². The number of benzene rings is 1. The molecular weight excluding hydrogens is 242 g/mol. The highest BCUT2D eigenvalue weighted by molar-refractivity contribution is 5.67. The van der Waals surface area contributed by atoms with E-state index in [-0.39, 0.29) is 0 Å². The molecule has 1 saturated heterocycles. The highest BCUT2D eigenvalue weighted by Gasteiger charge is 2.27. The second kappa shape index (κ2) is 5.21. The summed E-state index contributed by atoms with van der Waals surface area (Å²) in [5.41, 5.74) is 2.68.